The lowest BCUT2D eigenvalue weighted by Crippen LogP contribution is -2.33. The highest BCUT2D eigenvalue weighted by Gasteiger charge is 2.56. The van der Waals surface area contributed by atoms with E-state index in [9.17, 15) is 23.6 Å². The number of hydrogen-bond acceptors (Lipinski definition) is 7. The number of carbonyl (C=O) groups is 3. The molecule has 4 heterocycles. The van der Waals surface area contributed by atoms with Crippen molar-refractivity contribution < 1.29 is 18.8 Å². The van der Waals surface area contributed by atoms with Crippen LogP contribution in [0.3, 0.4) is 0 Å². The molecule has 4 aromatic rings. The number of pyridine rings is 1. The zero-order chi connectivity index (χ0) is 27.3. The second-order valence-electron chi connectivity index (χ2n) is 9.00. The number of thiazole rings is 1. The van der Waals surface area contributed by atoms with Crippen LogP contribution in [0.15, 0.2) is 82.9 Å². The van der Waals surface area contributed by atoms with E-state index < -0.39 is 34.7 Å². The molecule has 2 aromatic heterocycles. The molecule has 1 fully saturated rings. The Morgan fingerprint density at radius 3 is 2.46 bits per heavy atom. The van der Waals surface area contributed by atoms with Crippen LogP contribution < -0.4 is 15.1 Å². The molecule has 1 N–H and O–H groups in total. The van der Waals surface area contributed by atoms with Crippen molar-refractivity contribution in [3.8, 4) is 0 Å². The molecule has 12 heteroatoms. The van der Waals surface area contributed by atoms with Gasteiger partial charge in [0.05, 0.1) is 16.6 Å². The molecule has 3 atom stereocenters. The van der Waals surface area contributed by atoms with Crippen molar-refractivity contribution in [2.75, 3.05) is 10.2 Å². The molecule has 2 aliphatic rings. The molecule has 196 valence electrons. The number of halogens is 2. The van der Waals surface area contributed by atoms with Gasteiger partial charge in [0.15, 0.2) is 0 Å². The van der Waals surface area contributed by atoms with Gasteiger partial charge < -0.3 is 5.32 Å². The average Bonchev–Trinajstić information content (AvgIpc) is 3.37. The number of fused-ring (bicyclic) bond motifs is 2. The lowest BCUT2D eigenvalue weighted by molar-refractivity contribution is -0.122. The van der Waals surface area contributed by atoms with Crippen LogP contribution in [0.25, 0.3) is 0 Å². The molecule has 6 rings (SSSR count). The number of imide groups is 1. The summed E-state index contributed by atoms with van der Waals surface area (Å²) in [6.45, 7) is -0.310. The van der Waals surface area contributed by atoms with Crippen LogP contribution >= 0.6 is 34.7 Å². The number of thioether (sulfide) groups is 1. The number of nitrogens with zero attached hydrogens (tertiary/aromatic N) is 3. The smallest absolute Gasteiger partial charge is 0.308 e. The fraction of sp³-hybridized carbons (Fsp3) is 0.148. The highest BCUT2D eigenvalue weighted by atomic mass is 35.5. The topological polar surface area (TPSA) is 101 Å². The van der Waals surface area contributed by atoms with E-state index in [0.29, 0.717) is 31.9 Å². The van der Waals surface area contributed by atoms with E-state index in [1.165, 1.54) is 33.7 Å². The third-order valence-electron chi connectivity index (χ3n) is 6.61. The molecular formula is C27H18ClFN4O4S2. The number of carbonyl (C=O) groups excluding carboxylic acids is 3. The molecule has 39 heavy (non-hydrogen) atoms. The van der Waals surface area contributed by atoms with Gasteiger partial charge in [-0.25, -0.2) is 9.29 Å². The third kappa shape index (κ3) is 4.56. The summed E-state index contributed by atoms with van der Waals surface area (Å²) in [7, 11) is 0. The molecule has 0 spiro atoms. The minimum absolute atomic E-state index is 0.310. The highest BCUT2D eigenvalue weighted by Crippen LogP contribution is 2.53. The molecule has 0 radical (unpaired) electrons. The second-order valence-corrected chi connectivity index (χ2v) is 11.6. The van der Waals surface area contributed by atoms with Crippen LogP contribution in [0.4, 0.5) is 15.8 Å². The van der Waals surface area contributed by atoms with Gasteiger partial charge in [-0.15, -0.1) is 0 Å². The van der Waals surface area contributed by atoms with Crippen molar-refractivity contribution in [1.82, 2.24) is 9.55 Å². The third-order valence-corrected chi connectivity index (χ3v) is 9.46. The predicted octanol–water partition coefficient (Wildman–Crippen LogP) is 4.53. The number of anilines is 2. The van der Waals surface area contributed by atoms with E-state index >= 15 is 0 Å². The molecule has 3 amide bonds. The Bertz CT molecular complexity index is 1660. The molecule has 8 nitrogen and oxygen atoms in total. The summed E-state index contributed by atoms with van der Waals surface area (Å²) in [6.07, 6.45) is 3.23. The number of nitrogens with one attached hydrogen (secondary N) is 1. The van der Waals surface area contributed by atoms with Crippen LogP contribution in [0.1, 0.15) is 16.4 Å². The van der Waals surface area contributed by atoms with Gasteiger partial charge in [0, 0.05) is 33.9 Å². The SMILES string of the molecule is O=C(Cn1c2c(sc1=O)C(c1cccnc1)C1C(=O)N(c3ccc(Cl)cc3)C(=O)C1S2)Nc1ccc(F)cc1. The number of aromatic nitrogens is 2. The fourth-order valence-electron chi connectivity index (χ4n) is 4.90. The number of benzene rings is 2. The van der Waals surface area contributed by atoms with Crippen LogP contribution in [-0.2, 0) is 20.9 Å². The standard InChI is InChI=1S/C27H18ClFN4O4S2/c28-15-3-9-18(10-4-15)33-24(35)21-20(14-2-1-11-30-12-14)23-26(38-22(21)25(33)36)32(27(37)39-23)13-19(34)31-17-7-5-16(29)6-8-17/h1-12,20-22H,13H2,(H,31,34). The first-order valence-electron chi connectivity index (χ1n) is 11.8. The quantitative estimate of drug-likeness (QED) is 0.348. The lowest BCUT2D eigenvalue weighted by atomic mass is 9.84. The second kappa shape index (κ2) is 10.1. The van der Waals surface area contributed by atoms with Gasteiger partial charge in [-0.05, 0) is 60.2 Å². The van der Waals surface area contributed by atoms with Gasteiger partial charge in [0.25, 0.3) is 0 Å². The van der Waals surface area contributed by atoms with Crippen molar-refractivity contribution in [3.05, 3.63) is 104 Å². The largest absolute Gasteiger partial charge is 0.325 e. The summed E-state index contributed by atoms with van der Waals surface area (Å²) >= 11 is 8.09. The Morgan fingerprint density at radius 2 is 1.77 bits per heavy atom. The van der Waals surface area contributed by atoms with Crippen LogP contribution in [-0.4, -0.2) is 32.5 Å². The molecule has 0 aliphatic carbocycles. The van der Waals surface area contributed by atoms with Crippen molar-refractivity contribution in [2.45, 2.75) is 22.7 Å². The Hall–Kier alpha value is -3.80. The molecule has 0 saturated carbocycles. The lowest BCUT2D eigenvalue weighted by Gasteiger charge is -2.30. The number of rotatable bonds is 5. The van der Waals surface area contributed by atoms with Crippen molar-refractivity contribution >= 4 is 63.8 Å². The van der Waals surface area contributed by atoms with Crippen molar-refractivity contribution in [3.63, 3.8) is 0 Å². The first-order valence-corrected chi connectivity index (χ1v) is 13.9. The maximum absolute atomic E-state index is 13.8. The minimum Gasteiger partial charge on any atom is -0.325 e. The summed E-state index contributed by atoms with van der Waals surface area (Å²) in [5.41, 5.74) is 1.49. The van der Waals surface area contributed by atoms with E-state index in [4.69, 9.17) is 11.6 Å². The molecule has 1 saturated heterocycles. The van der Waals surface area contributed by atoms with Gasteiger partial charge in [0.2, 0.25) is 17.7 Å². The van der Waals surface area contributed by atoms with Crippen LogP contribution in [0.2, 0.25) is 5.02 Å². The maximum atomic E-state index is 13.8. The Morgan fingerprint density at radius 1 is 1.03 bits per heavy atom. The van der Waals surface area contributed by atoms with Gasteiger partial charge in [0.1, 0.15) is 17.6 Å². The normalized spacial score (nSPS) is 20.1. The summed E-state index contributed by atoms with van der Waals surface area (Å²) < 4.78 is 14.6. The predicted molar refractivity (Wildman–Crippen MR) is 147 cm³/mol. The van der Waals surface area contributed by atoms with Crippen molar-refractivity contribution in [1.29, 1.82) is 0 Å². The van der Waals surface area contributed by atoms with Crippen LogP contribution in [0.5, 0.6) is 0 Å². The first-order chi connectivity index (χ1) is 18.8. The molecule has 2 aliphatic heterocycles. The molecule has 3 unspecified atom stereocenters. The van der Waals surface area contributed by atoms with E-state index in [-0.39, 0.29) is 17.3 Å². The van der Waals surface area contributed by atoms with E-state index in [0.717, 1.165) is 23.1 Å². The number of hydrogen-bond donors (Lipinski definition) is 1. The van der Waals surface area contributed by atoms with E-state index in [1.807, 2.05) is 6.07 Å². The monoisotopic (exact) mass is 580 g/mol. The van der Waals surface area contributed by atoms with E-state index in [2.05, 4.69) is 10.3 Å². The van der Waals surface area contributed by atoms with E-state index in [1.54, 1.807) is 42.7 Å². The van der Waals surface area contributed by atoms with Gasteiger partial charge in [-0.1, -0.05) is 40.8 Å². The van der Waals surface area contributed by atoms with Gasteiger partial charge in [-0.3, -0.25) is 28.7 Å². The zero-order valence-electron chi connectivity index (χ0n) is 19.9. The van der Waals surface area contributed by atoms with Crippen LogP contribution in [0, 0.1) is 11.7 Å². The maximum Gasteiger partial charge on any atom is 0.308 e. The Balaban J connectivity index is 1.39. The summed E-state index contributed by atoms with van der Waals surface area (Å²) in [5.74, 6) is -3.07. The molecule has 0 bridgehead atoms. The molecule has 2 aromatic carbocycles. The summed E-state index contributed by atoms with van der Waals surface area (Å²) in [6, 6.07) is 15.3. The van der Waals surface area contributed by atoms with Gasteiger partial charge in [-0.2, -0.15) is 0 Å². The fourth-order valence-corrected chi connectivity index (χ4v) is 7.80. The summed E-state index contributed by atoms with van der Waals surface area (Å²) in [5, 5.41) is 2.79. The average molecular weight is 581 g/mol. The minimum atomic E-state index is -0.814. The number of amides is 3. The highest BCUT2D eigenvalue weighted by molar-refractivity contribution is 8.00. The Kier molecular flexibility index (Phi) is 6.57. The first kappa shape index (κ1) is 25.5. The van der Waals surface area contributed by atoms with Gasteiger partial charge >= 0.3 is 4.87 Å². The summed E-state index contributed by atoms with van der Waals surface area (Å²) in [4.78, 5) is 59.1. The Labute approximate surface area is 234 Å². The van der Waals surface area contributed by atoms with Crippen molar-refractivity contribution in [2.24, 2.45) is 5.92 Å². The molecular weight excluding hydrogens is 563 g/mol. The zero-order valence-corrected chi connectivity index (χ0v) is 22.3.